The smallest absolute Gasteiger partial charge is 0.195 e. The predicted octanol–water partition coefficient (Wildman–Crippen LogP) is 4.68. The molecule has 0 saturated carbocycles. The number of carbonyl (C=O) groups excluding carboxylic acids is 1. The van der Waals surface area contributed by atoms with E-state index in [1.54, 1.807) is 17.5 Å². The van der Waals surface area contributed by atoms with Gasteiger partial charge in [-0.2, -0.15) is 0 Å². The summed E-state index contributed by atoms with van der Waals surface area (Å²) in [6.45, 7) is 0. The number of benzene rings is 2. The molecule has 4 rings (SSSR count). The summed E-state index contributed by atoms with van der Waals surface area (Å²) >= 11 is 1.61. The Morgan fingerprint density at radius 3 is 2.67 bits per heavy atom. The monoisotopic (exact) mass is 289 g/mol. The Hall–Kier alpha value is -2.52. The molecule has 2 heterocycles. The van der Waals surface area contributed by atoms with Crippen LogP contribution in [0.4, 0.5) is 0 Å². The molecule has 0 unspecified atom stereocenters. The number of aromatic nitrogens is 1. The SMILES string of the molecule is O=C(c1cccc2ncccc12)c1csc2ccccc12. The van der Waals surface area contributed by atoms with Crippen LogP contribution in [0.2, 0.25) is 0 Å². The molecule has 2 nitrogen and oxygen atoms in total. The molecule has 0 N–H and O–H groups in total. The molecular formula is C18H11NOS. The van der Waals surface area contributed by atoms with E-state index in [-0.39, 0.29) is 5.78 Å². The van der Waals surface area contributed by atoms with Crippen molar-refractivity contribution in [3.63, 3.8) is 0 Å². The minimum Gasteiger partial charge on any atom is -0.289 e. The number of pyridine rings is 1. The van der Waals surface area contributed by atoms with Gasteiger partial charge < -0.3 is 0 Å². The fourth-order valence-electron chi connectivity index (χ4n) is 2.60. The standard InChI is InChI=1S/C18H11NOS/c20-18(15-11-21-17-9-2-1-5-13(15)17)14-6-3-8-16-12(14)7-4-10-19-16/h1-11H. The Morgan fingerprint density at radius 2 is 1.71 bits per heavy atom. The predicted molar refractivity (Wildman–Crippen MR) is 87.0 cm³/mol. The van der Waals surface area contributed by atoms with Gasteiger partial charge in [-0.1, -0.05) is 36.4 Å². The number of fused-ring (bicyclic) bond motifs is 2. The molecule has 3 heteroatoms. The molecule has 21 heavy (non-hydrogen) atoms. The highest BCUT2D eigenvalue weighted by molar-refractivity contribution is 7.17. The molecule has 2 aromatic carbocycles. The Labute approximate surface area is 125 Å². The summed E-state index contributed by atoms with van der Waals surface area (Å²) < 4.78 is 1.14. The third kappa shape index (κ3) is 1.94. The van der Waals surface area contributed by atoms with E-state index >= 15 is 0 Å². The lowest BCUT2D eigenvalue weighted by atomic mass is 9.99. The van der Waals surface area contributed by atoms with Crippen LogP contribution in [-0.2, 0) is 0 Å². The number of hydrogen-bond acceptors (Lipinski definition) is 3. The van der Waals surface area contributed by atoms with Gasteiger partial charge in [0, 0.05) is 38.2 Å². The largest absolute Gasteiger partial charge is 0.289 e. The van der Waals surface area contributed by atoms with Gasteiger partial charge in [-0.05, 0) is 18.2 Å². The van der Waals surface area contributed by atoms with Gasteiger partial charge in [0.25, 0.3) is 0 Å². The summed E-state index contributed by atoms with van der Waals surface area (Å²) in [7, 11) is 0. The van der Waals surface area contributed by atoms with Crippen molar-refractivity contribution in [2.24, 2.45) is 0 Å². The molecule has 100 valence electrons. The maximum Gasteiger partial charge on any atom is 0.195 e. The summed E-state index contributed by atoms with van der Waals surface area (Å²) in [6, 6.07) is 17.5. The molecule has 2 aromatic heterocycles. The lowest BCUT2D eigenvalue weighted by Gasteiger charge is -2.04. The zero-order valence-electron chi connectivity index (χ0n) is 11.1. The Morgan fingerprint density at radius 1 is 0.857 bits per heavy atom. The normalized spacial score (nSPS) is 11.0. The van der Waals surface area contributed by atoms with Gasteiger partial charge in [-0.3, -0.25) is 9.78 Å². The van der Waals surface area contributed by atoms with Crippen molar-refractivity contribution in [3.8, 4) is 0 Å². The minimum absolute atomic E-state index is 0.0612. The van der Waals surface area contributed by atoms with Gasteiger partial charge in [0.1, 0.15) is 0 Å². The van der Waals surface area contributed by atoms with E-state index in [9.17, 15) is 4.79 Å². The highest BCUT2D eigenvalue weighted by Gasteiger charge is 2.16. The highest BCUT2D eigenvalue weighted by Crippen LogP contribution is 2.29. The average molecular weight is 289 g/mol. The second-order valence-corrected chi connectivity index (χ2v) is 5.76. The van der Waals surface area contributed by atoms with Gasteiger partial charge in [0.15, 0.2) is 5.78 Å². The topological polar surface area (TPSA) is 30.0 Å². The second kappa shape index (κ2) is 4.79. The number of carbonyl (C=O) groups is 1. The fourth-order valence-corrected chi connectivity index (χ4v) is 3.54. The number of thiophene rings is 1. The van der Waals surface area contributed by atoms with Gasteiger partial charge in [0.05, 0.1) is 5.52 Å². The van der Waals surface area contributed by atoms with E-state index in [2.05, 4.69) is 4.98 Å². The van der Waals surface area contributed by atoms with Crippen molar-refractivity contribution >= 4 is 38.1 Å². The number of hydrogen-bond donors (Lipinski definition) is 0. The van der Waals surface area contributed by atoms with Crippen molar-refractivity contribution in [1.82, 2.24) is 4.98 Å². The first-order valence-corrected chi connectivity index (χ1v) is 7.57. The van der Waals surface area contributed by atoms with Crippen LogP contribution in [-0.4, -0.2) is 10.8 Å². The van der Waals surface area contributed by atoms with Gasteiger partial charge in [-0.15, -0.1) is 11.3 Å². The molecule has 4 aromatic rings. The molecule has 0 aliphatic rings. The molecule has 0 atom stereocenters. The molecule has 0 fully saturated rings. The summed E-state index contributed by atoms with van der Waals surface area (Å²) in [5.41, 5.74) is 2.33. The van der Waals surface area contributed by atoms with Crippen LogP contribution in [0.3, 0.4) is 0 Å². The van der Waals surface area contributed by atoms with Crippen LogP contribution in [0.5, 0.6) is 0 Å². The van der Waals surface area contributed by atoms with Crippen molar-refractivity contribution in [2.75, 3.05) is 0 Å². The van der Waals surface area contributed by atoms with Crippen LogP contribution in [0.1, 0.15) is 15.9 Å². The number of rotatable bonds is 2. The molecule has 0 aliphatic heterocycles. The molecular weight excluding hydrogens is 278 g/mol. The van der Waals surface area contributed by atoms with Crippen LogP contribution in [0, 0.1) is 0 Å². The van der Waals surface area contributed by atoms with E-state index in [0.717, 1.165) is 26.6 Å². The first-order chi connectivity index (χ1) is 10.3. The van der Waals surface area contributed by atoms with Crippen molar-refractivity contribution in [2.45, 2.75) is 0 Å². The van der Waals surface area contributed by atoms with Crippen molar-refractivity contribution in [1.29, 1.82) is 0 Å². The maximum absolute atomic E-state index is 12.9. The minimum atomic E-state index is 0.0612. The third-order valence-corrected chi connectivity index (χ3v) is 4.58. The van der Waals surface area contributed by atoms with Crippen LogP contribution >= 0.6 is 11.3 Å². The highest BCUT2D eigenvalue weighted by atomic mass is 32.1. The summed E-state index contributed by atoms with van der Waals surface area (Å²) in [6.07, 6.45) is 1.75. The Balaban J connectivity index is 1.95. The van der Waals surface area contributed by atoms with E-state index in [4.69, 9.17) is 0 Å². The molecule has 0 aliphatic carbocycles. The molecule has 0 radical (unpaired) electrons. The van der Waals surface area contributed by atoms with E-state index in [1.807, 2.05) is 60.0 Å². The zero-order chi connectivity index (χ0) is 14.2. The van der Waals surface area contributed by atoms with Gasteiger partial charge in [0.2, 0.25) is 0 Å². The Kier molecular flexibility index (Phi) is 2.79. The van der Waals surface area contributed by atoms with Gasteiger partial charge in [-0.25, -0.2) is 0 Å². The van der Waals surface area contributed by atoms with Crippen LogP contribution in [0.25, 0.3) is 21.0 Å². The average Bonchev–Trinajstić information content (AvgIpc) is 2.98. The van der Waals surface area contributed by atoms with Gasteiger partial charge >= 0.3 is 0 Å². The zero-order valence-corrected chi connectivity index (χ0v) is 11.9. The molecule has 0 saturated heterocycles. The van der Waals surface area contributed by atoms with E-state index < -0.39 is 0 Å². The lowest BCUT2D eigenvalue weighted by Crippen LogP contribution is -2.01. The lowest BCUT2D eigenvalue weighted by molar-refractivity contribution is 0.104. The van der Waals surface area contributed by atoms with Crippen LogP contribution < -0.4 is 0 Å². The van der Waals surface area contributed by atoms with Crippen molar-refractivity contribution in [3.05, 3.63) is 77.3 Å². The quantitative estimate of drug-likeness (QED) is 0.501. The summed E-state index contributed by atoms with van der Waals surface area (Å²) in [5.74, 6) is 0.0612. The number of nitrogens with zero attached hydrogens (tertiary/aromatic N) is 1. The first-order valence-electron chi connectivity index (χ1n) is 6.69. The summed E-state index contributed by atoms with van der Waals surface area (Å²) in [5, 5.41) is 3.87. The molecule has 0 spiro atoms. The maximum atomic E-state index is 12.9. The second-order valence-electron chi connectivity index (χ2n) is 4.85. The van der Waals surface area contributed by atoms with E-state index in [1.165, 1.54) is 0 Å². The first kappa shape index (κ1) is 12.2. The molecule has 0 amide bonds. The molecule has 0 bridgehead atoms. The fraction of sp³-hybridized carbons (Fsp3) is 0. The van der Waals surface area contributed by atoms with E-state index in [0.29, 0.717) is 5.56 Å². The summed E-state index contributed by atoms with van der Waals surface area (Å²) in [4.78, 5) is 17.2. The van der Waals surface area contributed by atoms with Crippen LogP contribution in [0.15, 0.2) is 66.2 Å². The Bertz CT molecular complexity index is 966. The van der Waals surface area contributed by atoms with Crippen molar-refractivity contribution < 1.29 is 4.79 Å². The number of ketones is 1. The third-order valence-electron chi connectivity index (χ3n) is 3.62.